The Balaban J connectivity index is 2.71. The number of hydrogen-bond acceptors (Lipinski definition) is 2. The molecule has 1 rings (SSSR count). The summed E-state index contributed by atoms with van der Waals surface area (Å²) >= 11 is 5.43. The number of rotatable bonds is 3. The molecule has 0 aromatic carbocycles. The van der Waals surface area contributed by atoms with Gasteiger partial charge in [-0.15, -0.1) is 11.6 Å². The van der Waals surface area contributed by atoms with Gasteiger partial charge in [0, 0.05) is 11.9 Å². The molecule has 2 nitrogen and oxygen atoms in total. The van der Waals surface area contributed by atoms with Crippen LogP contribution in [0.4, 0.5) is 0 Å². The summed E-state index contributed by atoms with van der Waals surface area (Å²) in [7, 11) is 0. The number of alkyl halides is 1. The Morgan fingerprint density at radius 2 is 2.31 bits per heavy atom. The highest BCUT2D eigenvalue weighted by molar-refractivity contribution is 6.28. The molecule has 0 amide bonds. The summed E-state index contributed by atoms with van der Waals surface area (Å²) in [6.07, 6.45) is 9.15. The quantitative estimate of drug-likeness (QED) is 0.698. The third-order valence-corrected chi connectivity index (χ3v) is 2.00. The van der Waals surface area contributed by atoms with Crippen LogP contribution < -0.4 is 5.32 Å². The molecular formula is C10H11ClNO. The third-order valence-electron chi connectivity index (χ3n) is 1.74. The lowest BCUT2D eigenvalue weighted by Crippen LogP contribution is -2.21. The van der Waals surface area contributed by atoms with E-state index in [9.17, 15) is 4.79 Å². The third kappa shape index (κ3) is 2.74. The molecule has 0 aromatic heterocycles. The largest absolute Gasteiger partial charge is 0.364 e. The topological polar surface area (TPSA) is 29.1 Å². The van der Waals surface area contributed by atoms with Gasteiger partial charge in [0.15, 0.2) is 5.78 Å². The van der Waals surface area contributed by atoms with Gasteiger partial charge in [0.1, 0.15) is 0 Å². The Morgan fingerprint density at radius 3 is 3.00 bits per heavy atom. The highest BCUT2D eigenvalue weighted by atomic mass is 35.5. The molecule has 0 bridgehead atoms. The van der Waals surface area contributed by atoms with Crippen molar-refractivity contribution in [1.29, 1.82) is 0 Å². The van der Waals surface area contributed by atoms with Gasteiger partial charge in [0.2, 0.25) is 0 Å². The predicted molar refractivity (Wildman–Crippen MR) is 54.1 cm³/mol. The number of ketones is 1. The molecule has 0 saturated carbocycles. The summed E-state index contributed by atoms with van der Waals surface area (Å²) in [6, 6.07) is 0. The molecule has 0 aromatic rings. The van der Waals surface area contributed by atoms with Crippen LogP contribution in [0.1, 0.15) is 0 Å². The van der Waals surface area contributed by atoms with E-state index >= 15 is 0 Å². The highest BCUT2D eigenvalue weighted by Crippen LogP contribution is 2.10. The fraction of sp³-hybridized carbons (Fsp3) is 0.200. The van der Waals surface area contributed by atoms with Gasteiger partial charge in [-0.1, -0.05) is 12.2 Å². The summed E-state index contributed by atoms with van der Waals surface area (Å²) in [5.41, 5.74) is 0.774. The Labute approximate surface area is 83.0 Å². The van der Waals surface area contributed by atoms with E-state index in [4.69, 9.17) is 11.6 Å². The van der Waals surface area contributed by atoms with Crippen LogP contribution in [-0.2, 0) is 4.79 Å². The van der Waals surface area contributed by atoms with E-state index in [0.29, 0.717) is 0 Å². The van der Waals surface area contributed by atoms with E-state index < -0.39 is 5.92 Å². The van der Waals surface area contributed by atoms with Gasteiger partial charge in [-0.2, -0.15) is 0 Å². The van der Waals surface area contributed by atoms with Crippen molar-refractivity contribution in [2.45, 2.75) is 0 Å². The van der Waals surface area contributed by atoms with Gasteiger partial charge in [0.05, 0.1) is 11.8 Å². The SMILES string of the molecule is [CH2]C(C(=O)CCl)C1=CC=CC=CN1. The molecule has 1 heterocycles. The Morgan fingerprint density at radius 1 is 1.54 bits per heavy atom. The van der Waals surface area contributed by atoms with Gasteiger partial charge in [-0.05, 0) is 19.1 Å². The average Bonchev–Trinajstić information content (AvgIpc) is 2.43. The number of Topliss-reactive ketones (excluding diaryl/α,β-unsaturated/α-hetero) is 1. The normalized spacial score (nSPS) is 17.2. The molecular weight excluding hydrogens is 186 g/mol. The van der Waals surface area contributed by atoms with Crippen molar-refractivity contribution in [2.24, 2.45) is 5.92 Å². The van der Waals surface area contributed by atoms with Crippen LogP contribution in [0.15, 0.2) is 36.2 Å². The number of nitrogens with one attached hydrogen (secondary N) is 1. The summed E-state index contributed by atoms with van der Waals surface area (Å²) in [4.78, 5) is 11.2. The number of halogens is 1. The second-order valence-electron chi connectivity index (χ2n) is 2.66. The zero-order chi connectivity index (χ0) is 9.68. The molecule has 1 atom stereocenters. The number of hydrogen-bond donors (Lipinski definition) is 1. The van der Waals surface area contributed by atoms with E-state index in [-0.39, 0.29) is 11.7 Å². The van der Waals surface area contributed by atoms with Crippen molar-refractivity contribution in [3.63, 3.8) is 0 Å². The van der Waals surface area contributed by atoms with Crippen LogP contribution in [0.25, 0.3) is 0 Å². The molecule has 1 radical (unpaired) electrons. The van der Waals surface area contributed by atoms with Crippen LogP contribution >= 0.6 is 11.6 Å². The fourth-order valence-corrected chi connectivity index (χ4v) is 1.14. The number of allylic oxidation sites excluding steroid dienone is 5. The van der Waals surface area contributed by atoms with Crippen molar-refractivity contribution >= 4 is 17.4 Å². The van der Waals surface area contributed by atoms with Crippen molar-refractivity contribution in [3.8, 4) is 0 Å². The minimum atomic E-state index is -0.412. The highest BCUT2D eigenvalue weighted by Gasteiger charge is 2.15. The molecule has 0 fully saturated rings. The van der Waals surface area contributed by atoms with Gasteiger partial charge >= 0.3 is 0 Å². The lowest BCUT2D eigenvalue weighted by Gasteiger charge is -2.12. The van der Waals surface area contributed by atoms with Crippen LogP contribution in [0.3, 0.4) is 0 Å². The zero-order valence-corrected chi connectivity index (χ0v) is 7.92. The van der Waals surface area contributed by atoms with Gasteiger partial charge in [-0.25, -0.2) is 0 Å². The molecule has 69 valence electrons. The Kier molecular flexibility index (Phi) is 3.77. The maximum absolute atomic E-state index is 11.2. The number of carbonyl (C=O) groups is 1. The summed E-state index contributed by atoms with van der Waals surface area (Å²) < 4.78 is 0. The maximum atomic E-state index is 11.2. The molecule has 1 N–H and O–H groups in total. The van der Waals surface area contributed by atoms with E-state index in [1.54, 1.807) is 6.20 Å². The summed E-state index contributed by atoms with van der Waals surface area (Å²) in [6.45, 7) is 3.74. The molecule has 3 heteroatoms. The second kappa shape index (κ2) is 4.87. The van der Waals surface area contributed by atoms with Crippen molar-refractivity contribution in [2.75, 3.05) is 5.88 Å². The predicted octanol–water partition coefficient (Wildman–Crippen LogP) is 1.80. The lowest BCUT2D eigenvalue weighted by atomic mass is 10.0. The molecule has 0 saturated heterocycles. The average molecular weight is 197 g/mol. The van der Waals surface area contributed by atoms with Crippen molar-refractivity contribution < 1.29 is 4.79 Å². The number of carbonyl (C=O) groups excluding carboxylic acids is 1. The minimum Gasteiger partial charge on any atom is -0.364 e. The van der Waals surface area contributed by atoms with Crippen LogP contribution in [0.5, 0.6) is 0 Å². The molecule has 1 aliphatic heterocycles. The van der Waals surface area contributed by atoms with Crippen LogP contribution in [-0.4, -0.2) is 11.7 Å². The first-order valence-corrected chi connectivity index (χ1v) is 4.51. The monoisotopic (exact) mass is 196 g/mol. The minimum absolute atomic E-state index is 0.000610. The van der Waals surface area contributed by atoms with Crippen molar-refractivity contribution in [1.82, 2.24) is 5.32 Å². The molecule has 0 aliphatic carbocycles. The molecule has 13 heavy (non-hydrogen) atoms. The maximum Gasteiger partial charge on any atom is 0.156 e. The first kappa shape index (κ1) is 10.1. The van der Waals surface area contributed by atoms with E-state index in [1.807, 2.05) is 24.3 Å². The summed E-state index contributed by atoms with van der Waals surface area (Å²) in [5.74, 6) is -0.491. The van der Waals surface area contributed by atoms with Gasteiger partial charge in [0.25, 0.3) is 0 Å². The first-order chi connectivity index (χ1) is 6.25. The van der Waals surface area contributed by atoms with Crippen LogP contribution in [0.2, 0.25) is 0 Å². The molecule has 1 unspecified atom stereocenters. The zero-order valence-electron chi connectivity index (χ0n) is 7.16. The Bertz CT molecular complexity index is 279. The Hall–Kier alpha value is -1.02. The molecule has 1 aliphatic rings. The van der Waals surface area contributed by atoms with Gasteiger partial charge in [-0.3, -0.25) is 4.79 Å². The van der Waals surface area contributed by atoms with E-state index in [0.717, 1.165) is 5.70 Å². The summed E-state index contributed by atoms with van der Waals surface area (Å²) in [5, 5.41) is 2.97. The van der Waals surface area contributed by atoms with Gasteiger partial charge < -0.3 is 5.32 Å². The second-order valence-corrected chi connectivity index (χ2v) is 2.93. The van der Waals surface area contributed by atoms with Crippen molar-refractivity contribution in [3.05, 3.63) is 43.1 Å². The smallest absolute Gasteiger partial charge is 0.156 e. The molecule has 0 spiro atoms. The lowest BCUT2D eigenvalue weighted by molar-refractivity contribution is -0.118. The standard InChI is InChI=1S/C10H11ClNO/c1-8(10(13)7-11)9-5-3-2-4-6-12-9/h2-6,8,12H,1,7H2. The van der Waals surface area contributed by atoms with Crippen LogP contribution in [0, 0.1) is 12.8 Å². The van der Waals surface area contributed by atoms with E-state index in [1.165, 1.54) is 0 Å². The first-order valence-electron chi connectivity index (χ1n) is 3.97. The fourth-order valence-electron chi connectivity index (χ4n) is 0.955. The van der Waals surface area contributed by atoms with E-state index in [2.05, 4.69) is 12.2 Å².